The molecule has 0 bridgehead atoms. The molecule has 0 spiro atoms. The summed E-state index contributed by atoms with van der Waals surface area (Å²) in [4.78, 5) is 21.1. The molecule has 0 radical (unpaired) electrons. The molecule has 134 valence electrons. The van der Waals surface area contributed by atoms with Gasteiger partial charge in [0.2, 0.25) is 15.0 Å². The van der Waals surface area contributed by atoms with E-state index in [1.165, 1.54) is 12.1 Å². The monoisotopic (exact) mass is 375 g/mol. The Hall–Kier alpha value is -1.32. The van der Waals surface area contributed by atoms with Crippen LogP contribution < -0.4 is 16.2 Å². The van der Waals surface area contributed by atoms with E-state index in [1.54, 1.807) is 19.1 Å². The Labute approximate surface area is 146 Å². The molecule has 0 heterocycles. The molecule has 2 atom stereocenters. The summed E-state index contributed by atoms with van der Waals surface area (Å²) in [6.45, 7) is 2.24. The number of alkyl halides is 1. The van der Waals surface area contributed by atoms with Crippen LogP contribution in [0.5, 0.6) is 0 Å². The number of hydrogen-bond donors (Lipinski definition) is 3. The maximum atomic E-state index is 12.3. The van der Waals surface area contributed by atoms with Gasteiger partial charge in [0, 0.05) is 0 Å². The average Bonchev–Trinajstić information content (AvgIpc) is 2.54. The predicted octanol–water partition coefficient (Wildman–Crippen LogP) is 0.433. The third-order valence-electron chi connectivity index (χ3n) is 3.44. The number of nitrogens with one attached hydrogen (secondary N) is 1. The smallest absolute Gasteiger partial charge is 0.242 e. The molecule has 1 aromatic rings. The maximum absolute atomic E-state index is 12.3. The highest BCUT2D eigenvalue weighted by molar-refractivity contribution is 7.89. The summed E-state index contributed by atoms with van der Waals surface area (Å²) < 4.78 is 26.6. The number of aldehydes is 1. The van der Waals surface area contributed by atoms with Crippen LogP contribution in [0.4, 0.5) is 0 Å². The zero-order chi connectivity index (χ0) is 18.4. The van der Waals surface area contributed by atoms with Crippen molar-refractivity contribution in [1.82, 2.24) is 4.72 Å². The third kappa shape index (κ3) is 5.35. The summed E-state index contributed by atoms with van der Waals surface area (Å²) >= 11 is 5.93. The first-order valence-corrected chi connectivity index (χ1v) is 9.28. The van der Waals surface area contributed by atoms with Gasteiger partial charge >= 0.3 is 0 Å². The SMILES string of the molecule is Cc1ccc(S(=O)(=O)NC(Cl)(C=O)C(=O)[C@@H](N)CCCCN)cc1. The number of unbranched alkanes of at least 4 members (excludes halogenated alkanes) is 1. The molecule has 7 nitrogen and oxygen atoms in total. The number of benzene rings is 1. The van der Waals surface area contributed by atoms with Gasteiger partial charge in [0.15, 0.2) is 12.1 Å². The van der Waals surface area contributed by atoms with Crippen LogP contribution in [0.2, 0.25) is 0 Å². The van der Waals surface area contributed by atoms with Crippen molar-refractivity contribution < 1.29 is 18.0 Å². The van der Waals surface area contributed by atoms with Crippen molar-refractivity contribution in [3.8, 4) is 0 Å². The molecular weight excluding hydrogens is 354 g/mol. The molecule has 0 saturated heterocycles. The average molecular weight is 376 g/mol. The molecule has 1 rings (SSSR count). The van der Waals surface area contributed by atoms with E-state index in [4.69, 9.17) is 23.1 Å². The Bertz CT molecular complexity index is 678. The van der Waals surface area contributed by atoms with Crippen LogP contribution in [0.15, 0.2) is 29.2 Å². The minimum absolute atomic E-state index is 0.0470. The van der Waals surface area contributed by atoms with Crippen LogP contribution >= 0.6 is 11.6 Å². The minimum atomic E-state index is -4.16. The lowest BCUT2D eigenvalue weighted by Crippen LogP contribution is -2.56. The Kier molecular flexibility index (Phi) is 7.50. The summed E-state index contributed by atoms with van der Waals surface area (Å²) in [6.07, 6.45) is 1.53. The maximum Gasteiger partial charge on any atom is 0.242 e. The van der Waals surface area contributed by atoms with Gasteiger partial charge in [-0.2, -0.15) is 4.72 Å². The van der Waals surface area contributed by atoms with Crippen molar-refractivity contribution in [2.75, 3.05) is 6.54 Å². The number of carbonyl (C=O) groups excluding carboxylic acids is 2. The lowest BCUT2D eigenvalue weighted by molar-refractivity contribution is -0.127. The Balaban J connectivity index is 2.95. The molecule has 0 fully saturated rings. The molecule has 1 unspecified atom stereocenters. The summed E-state index contributed by atoms with van der Waals surface area (Å²) in [6, 6.07) is 4.81. The van der Waals surface area contributed by atoms with E-state index in [1.807, 2.05) is 4.72 Å². The molecule has 1 aromatic carbocycles. The van der Waals surface area contributed by atoms with E-state index >= 15 is 0 Å². The zero-order valence-electron chi connectivity index (χ0n) is 13.4. The van der Waals surface area contributed by atoms with Gasteiger partial charge in [0.05, 0.1) is 10.9 Å². The van der Waals surface area contributed by atoms with Gasteiger partial charge in [0.25, 0.3) is 0 Å². The Morgan fingerprint density at radius 3 is 2.42 bits per heavy atom. The second-order valence-electron chi connectivity index (χ2n) is 5.50. The molecule has 0 aliphatic rings. The number of hydrogen-bond acceptors (Lipinski definition) is 6. The molecule has 0 aromatic heterocycles. The van der Waals surface area contributed by atoms with Gasteiger partial charge in [0.1, 0.15) is 0 Å². The van der Waals surface area contributed by atoms with E-state index in [-0.39, 0.29) is 17.6 Å². The Morgan fingerprint density at radius 2 is 1.92 bits per heavy atom. The van der Waals surface area contributed by atoms with Gasteiger partial charge in [-0.1, -0.05) is 35.7 Å². The van der Waals surface area contributed by atoms with Crippen molar-refractivity contribution >= 4 is 33.7 Å². The van der Waals surface area contributed by atoms with Gasteiger partial charge in [-0.25, -0.2) is 8.42 Å². The van der Waals surface area contributed by atoms with Gasteiger partial charge in [-0.15, -0.1) is 0 Å². The first kappa shape index (κ1) is 20.7. The quantitative estimate of drug-likeness (QED) is 0.178. The summed E-state index contributed by atoms with van der Waals surface area (Å²) in [7, 11) is -4.16. The van der Waals surface area contributed by atoms with Crippen LogP contribution in [0.3, 0.4) is 0 Å². The molecule has 24 heavy (non-hydrogen) atoms. The minimum Gasteiger partial charge on any atom is -0.330 e. The van der Waals surface area contributed by atoms with Crippen molar-refractivity contribution in [2.45, 2.75) is 42.1 Å². The highest BCUT2D eigenvalue weighted by Crippen LogP contribution is 2.19. The third-order valence-corrected chi connectivity index (χ3v) is 5.41. The van der Waals surface area contributed by atoms with Gasteiger partial charge < -0.3 is 11.5 Å². The second-order valence-corrected chi connectivity index (χ2v) is 7.78. The van der Waals surface area contributed by atoms with Crippen molar-refractivity contribution in [3.63, 3.8) is 0 Å². The number of halogens is 1. The van der Waals surface area contributed by atoms with Gasteiger partial charge in [-0.3, -0.25) is 9.59 Å². The first-order valence-electron chi connectivity index (χ1n) is 7.42. The Morgan fingerprint density at radius 1 is 1.33 bits per heavy atom. The standard InChI is InChI=1S/C15H22ClN3O4S/c1-11-5-7-12(8-6-11)24(22,23)19-15(16,10-20)14(21)13(18)4-2-3-9-17/h5-8,10,13,19H,2-4,9,17-18H2,1H3/t13-,15?/m0/s1. The van der Waals surface area contributed by atoms with E-state index in [0.29, 0.717) is 19.4 Å². The number of ketones is 1. The molecule has 9 heteroatoms. The van der Waals surface area contributed by atoms with E-state index in [0.717, 1.165) is 5.56 Å². The van der Waals surface area contributed by atoms with Crippen LogP contribution in [-0.2, 0) is 19.6 Å². The van der Waals surface area contributed by atoms with Crippen LogP contribution in [0.1, 0.15) is 24.8 Å². The number of nitrogens with two attached hydrogens (primary N) is 2. The lowest BCUT2D eigenvalue weighted by Gasteiger charge is -2.24. The fourth-order valence-corrected chi connectivity index (χ4v) is 3.61. The molecule has 0 aliphatic carbocycles. The lowest BCUT2D eigenvalue weighted by atomic mass is 10.0. The van der Waals surface area contributed by atoms with E-state index in [2.05, 4.69) is 0 Å². The molecule has 5 N–H and O–H groups in total. The van der Waals surface area contributed by atoms with Crippen molar-refractivity contribution in [1.29, 1.82) is 0 Å². The van der Waals surface area contributed by atoms with E-state index < -0.39 is 26.8 Å². The van der Waals surface area contributed by atoms with Crippen LogP contribution in [0, 0.1) is 6.92 Å². The summed E-state index contributed by atoms with van der Waals surface area (Å²) in [5.74, 6) is -0.896. The fourth-order valence-electron chi connectivity index (χ4n) is 2.01. The number of sulfonamides is 1. The topological polar surface area (TPSA) is 132 Å². The largest absolute Gasteiger partial charge is 0.330 e. The summed E-state index contributed by atoms with van der Waals surface area (Å²) in [5, 5.41) is 0. The van der Waals surface area contributed by atoms with Crippen molar-refractivity contribution in [2.24, 2.45) is 11.5 Å². The fraction of sp³-hybridized carbons (Fsp3) is 0.467. The number of carbonyl (C=O) groups is 2. The second kappa shape index (κ2) is 8.68. The van der Waals surface area contributed by atoms with E-state index in [9.17, 15) is 18.0 Å². The van der Waals surface area contributed by atoms with Crippen LogP contribution in [0.25, 0.3) is 0 Å². The number of rotatable bonds is 10. The predicted molar refractivity (Wildman–Crippen MR) is 92.0 cm³/mol. The molecule has 0 amide bonds. The number of aryl methyl sites for hydroxylation is 1. The molecule has 0 saturated carbocycles. The van der Waals surface area contributed by atoms with Crippen molar-refractivity contribution in [3.05, 3.63) is 29.8 Å². The molecular formula is C15H22ClN3O4S. The summed E-state index contributed by atoms with van der Waals surface area (Å²) in [5.41, 5.74) is 12.0. The highest BCUT2D eigenvalue weighted by atomic mass is 35.5. The molecule has 0 aliphatic heterocycles. The number of Topliss-reactive ketones (excluding diaryl/α,β-unsaturated/α-hetero) is 1. The normalized spacial score (nSPS) is 15.5. The highest BCUT2D eigenvalue weighted by Gasteiger charge is 2.42. The van der Waals surface area contributed by atoms with Gasteiger partial charge in [-0.05, 0) is 38.4 Å². The van der Waals surface area contributed by atoms with Crippen LogP contribution in [-0.4, -0.2) is 38.1 Å². The zero-order valence-corrected chi connectivity index (χ0v) is 14.9. The first-order chi connectivity index (χ1) is 11.2.